The molecule has 1 aromatic rings. The van der Waals surface area contributed by atoms with E-state index < -0.39 is 0 Å². The highest BCUT2D eigenvalue weighted by molar-refractivity contribution is 7.16. The molecule has 0 radical (unpaired) electrons. The molecule has 1 atom stereocenters. The first-order chi connectivity index (χ1) is 7.62. The summed E-state index contributed by atoms with van der Waals surface area (Å²) in [4.78, 5) is 4.60. The molecule has 0 saturated carbocycles. The minimum absolute atomic E-state index is 0.298. The van der Waals surface area contributed by atoms with Crippen molar-refractivity contribution in [2.24, 2.45) is 5.92 Å². The van der Waals surface area contributed by atoms with Crippen molar-refractivity contribution < 1.29 is 0 Å². The van der Waals surface area contributed by atoms with Gasteiger partial charge in [-0.25, -0.2) is 4.98 Å². The van der Waals surface area contributed by atoms with Gasteiger partial charge in [-0.05, 0) is 12.8 Å². The summed E-state index contributed by atoms with van der Waals surface area (Å²) in [6.07, 6.45) is 2.27. The lowest BCUT2D eigenvalue weighted by atomic mass is 9.96. The first-order valence-electron chi connectivity index (χ1n) is 5.45. The van der Waals surface area contributed by atoms with Crippen LogP contribution in [0.25, 0.3) is 0 Å². The number of hydrogen-bond donors (Lipinski definition) is 1. The van der Waals surface area contributed by atoms with Crippen molar-refractivity contribution in [1.29, 1.82) is 5.26 Å². The van der Waals surface area contributed by atoms with E-state index in [4.69, 9.17) is 16.9 Å². The van der Waals surface area contributed by atoms with Gasteiger partial charge < -0.3 is 5.32 Å². The first kappa shape index (κ1) is 13.3. The number of nitrogens with zero attached hydrogens (tertiary/aromatic N) is 2. The third-order valence-corrected chi connectivity index (χ3v) is 4.07. The molecule has 5 heteroatoms. The number of anilines is 1. The van der Waals surface area contributed by atoms with E-state index >= 15 is 0 Å². The Balaban J connectivity index is 2.69. The maximum atomic E-state index is 8.78. The zero-order valence-electron chi connectivity index (χ0n) is 9.75. The van der Waals surface area contributed by atoms with Crippen LogP contribution < -0.4 is 5.32 Å². The molecule has 0 aliphatic carbocycles. The first-order valence-corrected chi connectivity index (χ1v) is 6.64. The van der Waals surface area contributed by atoms with Crippen molar-refractivity contribution >= 4 is 28.1 Å². The standard InChI is InChI=1S/C11H16ClN3S/c1-4-8(5-2)7(3)14-11-15-10(12)9(6-13)16-11/h7-8H,4-5H2,1-3H3,(H,14,15). The highest BCUT2D eigenvalue weighted by Crippen LogP contribution is 2.27. The van der Waals surface area contributed by atoms with Gasteiger partial charge >= 0.3 is 0 Å². The van der Waals surface area contributed by atoms with E-state index in [0.717, 1.165) is 18.0 Å². The van der Waals surface area contributed by atoms with Crippen LogP contribution in [0.4, 0.5) is 5.13 Å². The summed E-state index contributed by atoms with van der Waals surface area (Å²) in [7, 11) is 0. The number of thiazole rings is 1. The van der Waals surface area contributed by atoms with Crippen LogP contribution in [0.5, 0.6) is 0 Å². The number of aromatic nitrogens is 1. The molecule has 1 heterocycles. The molecule has 0 spiro atoms. The third-order valence-electron chi connectivity index (χ3n) is 2.79. The van der Waals surface area contributed by atoms with Gasteiger partial charge in [0.05, 0.1) is 0 Å². The van der Waals surface area contributed by atoms with Crippen LogP contribution in [0, 0.1) is 17.2 Å². The fraction of sp³-hybridized carbons (Fsp3) is 0.636. The van der Waals surface area contributed by atoms with E-state index in [9.17, 15) is 0 Å². The lowest BCUT2D eigenvalue weighted by molar-refractivity contribution is 0.438. The summed E-state index contributed by atoms with van der Waals surface area (Å²) in [6, 6.07) is 2.38. The Kier molecular flexibility index (Phi) is 5.04. The lowest BCUT2D eigenvalue weighted by Crippen LogP contribution is -2.24. The second kappa shape index (κ2) is 6.07. The average molecular weight is 258 g/mol. The second-order valence-corrected chi connectivity index (χ2v) is 5.12. The lowest BCUT2D eigenvalue weighted by Gasteiger charge is -2.21. The van der Waals surface area contributed by atoms with Crippen molar-refractivity contribution in [3.8, 4) is 6.07 Å². The van der Waals surface area contributed by atoms with Gasteiger partial charge in [-0.1, -0.05) is 49.6 Å². The number of nitrogens with one attached hydrogen (secondary N) is 1. The van der Waals surface area contributed by atoms with Crippen molar-refractivity contribution in [2.75, 3.05) is 5.32 Å². The number of nitriles is 1. The Hall–Kier alpha value is -0.790. The summed E-state index contributed by atoms with van der Waals surface area (Å²) in [5.74, 6) is 0.619. The fourth-order valence-corrected chi connectivity index (χ4v) is 2.78. The van der Waals surface area contributed by atoms with Gasteiger partial charge in [0, 0.05) is 6.04 Å². The predicted molar refractivity (Wildman–Crippen MR) is 69.0 cm³/mol. The van der Waals surface area contributed by atoms with Crippen molar-refractivity contribution in [3.63, 3.8) is 0 Å². The highest BCUT2D eigenvalue weighted by Gasteiger charge is 2.16. The SMILES string of the molecule is CCC(CC)C(C)Nc1nc(Cl)c(C#N)s1. The molecule has 1 rings (SSSR count). The Morgan fingerprint density at radius 2 is 2.12 bits per heavy atom. The molecule has 16 heavy (non-hydrogen) atoms. The van der Waals surface area contributed by atoms with Crippen LogP contribution in [-0.2, 0) is 0 Å². The number of hydrogen-bond acceptors (Lipinski definition) is 4. The van der Waals surface area contributed by atoms with E-state index in [1.807, 2.05) is 6.07 Å². The molecular formula is C11H16ClN3S. The van der Waals surface area contributed by atoms with Crippen LogP contribution in [0.15, 0.2) is 0 Å². The molecule has 3 nitrogen and oxygen atoms in total. The van der Waals surface area contributed by atoms with Gasteiger partial charge in [-0.3, -0.25) is 0 Å². The minimum Gasteiger partial charge on any atom is -0.359 e. The quantitative estimate of drug-likeness (QED) is 0.870. The molecular weight excluding hydrogens is 242 g/mol. The second-order valence-electron chi connectivity index (χ2n) is 3.76. The maximum absolute atomic E-state index is 8.78. The fourth-order valence-electron chi connectivity index (χ4n) is 1.74. The monoisotopic (exact) mass is 257 g/mol. The Morgan fingerprint density at radius 3 is 2.56 bits per heavy atom. The third kappa shape index (κ3) is 3.10. The molecule has 0 aromatic carbocycles. The van der Waals surface area contributed by atoms with Crippen molar-refractivity contribution in [1.82, 2.24) is 4.98 Å². The van der Waals surface area contributed by atoms with E-state index in [-0.39, 0.29) is 0 Å². The van der Waals surface area contributed by atoms with E-state index in [2.05, 4.69) is 31.1 Å². The van der Waals surface area contributed by atoms with Gasteiger partial charge in [-0.2, -0.15) is 5.26 Å². The smallest absolute Gasteiger partial charge is 0.185 e. The Bertz CT molecular complexity index is 379. The topological polar surface area (TPSA) is 48.7 Å². The van der Waals surface area contributed by atoms with Gasteiger partial charge in [0.25, 0.3) is 0 Å². The molecule has 0 amide bonds. The molecule has 1 N–H and O–H groups in total. The van der Waals surface area contributed by atoms with Crippen molar-refractivity contribution in [3.05, 3.63) is 10.0 Å². The highest BCUT2D eigenvalue weighted by atomic mass is 35.5. The maximum Gasteiger partial charge on any atom is 0.185 e. The van der Waals surface area contributed by atoms with Crippen LogP contribution in [0.2, 0.25) is 5.15 Å². The summed E-state index contributed by atoms with van der Waals surface area (Å²) >= 11 is 7.12. The molecule has 1 unspecified atom stereocenters. The zero-order chi connectivity index (χ0) is 12.1. The minimum atomic E-state index is 0.298. The van der Waals surface area contributed by atoms with Crippen LogP contribution in [0.3, 0.4) is 0 Å². The van der Waals surface area contributed by atoms with Gasteiger partial charge in [0.15, 0.2) is 10.3 Å². The molecule has 0 saturated heterocycles. The molecule has 0 fully saturated rings. The molecule has 0 aliphatic rings. The number of halogens is 1. The zero-order valence-corrected chi connectivity index (χ0v) is 11.3. The largest absolute Gasteiger partial charge is 0.359 e. The van der Waals surface area contributed by atoms with Crippen LogP contribution in [0.1, 0.15) is 38.5 Å². The van der Waals surface area contributed by atoms with Gasteiger partial charge in [-0.15, -0.1) is 0 Å². The molecule has 0 aliphatic heterocycles. The van der Waals surface area contributed by atoms with Crippen LogP contribution >= 0.6 is 22.9 Å². The Morgan fingerprint density at radius 1 is 1.50 bits per heavy atom. The van der Waals surface area contributed by atoms with Gasteiger partial charge in [0.1, 0.15) is 10.9 Å². The summed E-state index contributed by atoms with van der Waals surface area (Å²) < 4.78 is 0. The summed E-state index contributed by atoms with van der Waals surface area (Å²) in [6.45, 7) is 6.50. The Labute approximate surface area is 105 Å². The van der Waals surface area contributed by atoms with E-state index in [1.54, 1.807) is 0 Å². The summed E-state index contributed by atoms with van der Waals surface area (Å²) in [5, 5.41) is 13.1. The van der Waals surface area contributed by atoms with Gasteiger partial charge in [0.2, 0.25) is 0 Å². The molecule has 88 valence electrons. The normalized spacial score (nSPS) is 12.5. The predicted octanol–water partition coefficient (Wildman–Crippen LogP) is 3.90. The summed E-state index contributed by atoms with van der Waals surface area (Å²) in [5.41, 5.74) is 0. The number of rotatable bonds is 5. The molecule has 1 aromatic heterocycles. The van der Waals surface area contributed by atoms with E-state index in [0.29, 0.717) is 22.0 Å². The van der Waals surface area contributed by atoms with E-state index in [1.165, 1.54) is 11.3 Å². The molecule has 0 bridgehead atoms. The van der Waals surface area contributed by atoms with Crippen LogP contribution in [-0.4, -0.2) is 11.0 Å². The van der Waals surface area contributed by atoms with Crippen molar-refractivity contribution in [2.45, 2.75) is 39.7 Å². The average Bonchev–Trinajstić information content (AvgIpc) is 2.60.